The number of carbonyl (C=O) groups is 9. The van der Waals surface area contributed by atoms with Gasteiger partial charge in [0.05, 0.1) is 61.2 Å². The highest BCUT2D eigenvalue weighted by Crippen LogP contribution is 2.46. The summed E-state index contributed by atoms with van der Waals surface area (Å²) in [5.74, 6) is 2.32. The van der Waals surface area contributed by atoms with Crippen LogP contribution >= 0.6 is 0 Å². The molecule has 145 heavy (non-hydrogen) atoms. The van der Waals surface area contributed by atoms with E-state index in [0.29, 0.717) is 136 Å². The van der Waals surface area contributed by atoms with E-state index in [1.807, 2.05) is 182 Å². The Bertz CT molecular complexity index is 5870. The minimum absolute atomic E-state index is 0.0326. The van der Waals surface area contributed by atoms with Gasteiger partial charge in [-0.25, -0.2) is 19.2 Å². The van der Waals surface area contributed by atoms with Crippen LogP contribution in [0.3, 0.4) is 0 Å². The second kappa shape index (κ2) is 51.5. The van der Waals surface area contributed by atoms with Gasteiger partial charge in [0.1, 0.15) is 62.2 Å². The molecule has 3 spiro atoms. The molecule has 7 aromatic carbocycles. The van der Waals surface area contributed by atoms with E-state index in [0.717, 1.165) is 67.9 Å². The second-order valence-electron chi connectivity index (χ2n) is 39.9. The molecule has 3 atom stereocenters. The van der Waals surface area contributed by atoms with Crippen molar-refractivity contribution in [3.05, 3.63) is 227 Å². The standard InChI is InChI=1S/C29H36N2O4.C19H25NO6S.C18H23NO4.C11H16BNO3.C10H17NO3.C8H8F3NO2S.C8H8O2.C4H9N/c1-6-30(7-2)26(32)22-15-13-21(14-16-22)24-19-29(34-25-12-9-8-11-23(24)25)17-10-18-31(20-29)27(33)35-28(3,4)5;1-18(2,3)25-17(21)20-11-7-10-19(13-20)12-16(26-27(4,22)23)14-8-5-6-9-15(14)24-19;1-17(2,3)23-16(21)19-10-6-9-18(12-19)11-14(20)13-7-4-5-8-15(13)22-18;1-3-13(4-2)11(14)9-5-7-10(8-6-9)12(15)16;1-10(2,3)14-9(13)11-6-4-5-8(12)7-11;1-12(7-5-3-2-4-6-7)15(13,14)8(9,10)11;1-6(9)7-4-2-3-5-8(7)10;1-2-4-5-3-1/h8-9,11-16,19H,6-7,10,17-18,20H2,1-5H3;5-6,8-9,12H,7,10-11,13H2,1-4H3;4-5,7-8H,6,9-12H2,1-3H3;5-8,15-16H,3-4H2,1-2H3;4-7H2,1-3H3;2-6H,1H3;2-5,10H,1H3;5H,1-4H2. The fourth-order valence-electron chi connectivity index (χ4n) is 16.5. The van der Waals surface area contributed by atoms with Gasteiger partial charge in [0.15, 0.2) is 23.1 Å². The Morgan fingerprint density at radius 1 is 0.483 bits per heavy atom. The Kier molecular flexibility index (Phi) is 41.8. The monoisotopic (exact) mass is 2050 g/mol. The number of para-hydroxylation sites is 5. The van der Waals surface area contributed by atoms with Crippen molar-refractivity contribution in [1.29, 1.82) is 0 Å². The van der Waals surface area contributed by atoms with E-state index in [-0.39, 0.29) is 82.0 Å². The van der Waals surface area contributed by atoms with E-state index in [2.05, 4.69) is 17.5 Å². The molecular weight excluding hydrogens is 1910 g/mol. The minimum atomic E-state index is -5.30. The Morgan fingerprint density at radius 2 is 0.883 bits per heavy atom. The van der Waals surface area contributed by atoms with Crippen LogP contribution in [-0.2, 0) is 48.1 Å². The molecule has 8 heterocycles. The summed E-state index contributed by atoms with van der Waals surface area (Å²) < 4.78 is 128. The van der Waals surface area contributed by atoms with Crippen LogP contribution in [0.5, 0.6) is 23.0 Å². The largest absolute Gasteiger partial charge is 0.516 e. The van der Waals surface area contributed by atoms with Crippen molar-refractivity contribution in [1.82, 2.24) is 34.7 Å². The number of aromatic hydroxyl groups is 1. The van der Waals surface area contributed by atoms with Crippen LogP contribution in [-0.4, -0.2) is 272 Å². The number of likely N-dealkylation sites (tertiary alicyclic amines) is 4. The van der Waals surface area contributed by atoms with Gasteiger partial charge in [-0.1, -0.05) is 97.1 Å². The number of piperidine rings is 4. The van der Waals surface area contributed by atoms with E-state index in [1.54, 1.807) is 98.5 Å². The summed E-state index contributed by atoms with van der Waals surface area (Å²) in [5.41, 5.74) is -3.29. The van der Waals surface area contributed by atoms with Crippen LogP contribution in [0.2, 0.25) is 0 Å². The number of hydrogen-bond donors (Lipinski definition) is 4. The summed E-state index contributed by atoms with van der Waals surface area (Å²) in [6.07, 6.45) is 12.3. The maximum atomic E-state index is 12.8. The summed E-state index contributed by atoms with van der Waals surface area (Å²) in [6.45, 7) is 40.3. The molecule has 0 radical (unpaired) electrons. The molecule has 0 bridgehead atoms. The SMILES string of the molecule is C1CCNC1.CC(=O)c1ccccc1O.CC(C)(C)OC(=O)N1CCCC(=O)C1.CC(C)(C)OC(=O)N1CCCC2(C=C(OS(C)(=O)=O)c3ccccc3O2)C1.CC(C)(C)OC(=O)N1CCCC2(CC(=O)c3ccccc3O2)C1.CCN(CC)C(=O)c1ccc(B(O)O)cc1.CCN(CC)C(=O)c1ccc(C2=CC3(CCCN(C(=O)OC(C)(C)C)C3)Oc3ccccc32)cc1.CN(c1ccccc1)S(=O)(=O)C(F)(F)F. The first-order valence-corrected chi connectivity index (χ1v) is 52.0. The number of nitrogens with zero attached hydrogens (tertiary/aromatic N) is 7. The molecule has 790 valence electrons. The van der Waals surface area contributed by atoms with Crippen LogP contribution in [0, 0.1) is 0 Å². The van der Waals surface area contributed by atoms with Crippen molar-refractivity contribution >= 4 is 103 Å². The number of carbonyl (C=O) groups excluding carboxylic acids is 9. The van der Waals surface area contributed by atoms with Crippen molar-refractivity contribution < 1.29 is 126 Å². The number of ketones is 3. The number of phenolic OH excluding ortho intramolecular Hbond substituents is 1. The summed E-state index contributed by atoms with van der Waals surface area (Å²) in [4.78, 5) is 118. The fraction of sp³-hybridized carbons (Fsp3) is 0.486. The Balaban J connectivity index is 0.000000211. The number of sulfonamides is 1. The Labute approximate surface area is 851 Å². The van der Waals surface area contributed by atoms with Gasteiger partial charge in [-0.3, -0.25) is 28.3 Å². The third kappa shape index (κ3) is 35.7. The number of anilines is 1. The third-order valence-corrected chi connectivity index (χ3v) is 25.4. The lowest BCUT2D eigenvalue weighted by Crippen LogP contribution is -2.56. The van der Waals surface area contributed by atoms with Gasteiger partial charge in [-0.05, 0) is 290 Å². The number of Topliss-reactive ketones (excluding diaryl/α,β-unsaturated/α-hetero) is 3. The highest BCUT2D eigenvalue weighted by molar-refractivity contribution is 7.93. The van der Waals surface area contributed by atoms with Crippen molar-refractivity contribution in [3.8, 4) is 23.0 Å². The molecule has 0 aromatic heterocycles. The number of fused-ring (bicyclic) bond motifs is 3. The predicted octanol–water partition coefficient (Wildman–Crippen LogP) is 17.7. The average molecular weight is 2060 g/mol. The average Bonchev–Trinajstić information content (AvgIpc) is 0.977. The zero-order valence-corrected chi connectivity index (χ0v) is 88.3. The molecule has 8 aliphatic heterocycles. The van der Waals surface area contributed by atoms with Gasteiger partial charge in [-0.2, -0.15) is 30.0 Å². The molecule has 15 rings (SSSR count). The number of nitrogens with one attached hydrogen (secondary N) is 1. The van der Waals surface area contributed by atoms with Crippen LogP contribution in [0.1, 0.15) is 246 Å². The molecular formula is C107H142BF3N8O24S2. The number of alkyl halides is 3. The molecule has 5 fully saturated rings. The molecule has 3 unspecified atom stereocenters. The Hall–Kier alpha value is -12.5. The van der Waals surface area contributed by atoms with Gasteiger partial charge >= 0.3 is 57.1 Å². The summed E-state index contributed by atoms with van der Waals surface area (Å²) in [5, 5.41) is 30.1. The lowest BCUT2D eigenvalue weighted by molar-refractivity contribution is -0.122. The van der Waals surface area contributed by atoms with Crippen molar-refractivity contribution in [3.63, 3.8) is 0 Å². The summed E-state index contributed by atoms with van der Waals surface area (Å²) >= 11 is 0. The van der Waals surface area contributed by atoms with E-state index in [4.69, 9.17) is 52.5 Å². The van der Waals surface area contributed by atoms with Crippen LogP contribution in [0.25, 0.3) is 11.3 Å². The van der Waals surface area contributed by atoms with E-state index < -0.39 is 78.1 Å². The highest BCUT2D eigenvalue weighted by Gasteiger charge is 2.51. The molecule has 0 aliphatic carbocycles. The maximum Gasteiger partial charge on any atom is 0.516 e. The topological polar surface area (TPSA) is 391 Å². The van der Waals surface area contributed by atoms with Gasteiger partial charge in [-0.15, -0.1) is 0 Å². The number of phenols is 1. The molecule has 32 nitrogen and oxygen atoms in total. The number of benzene rings is 7. The molecule has 7 aromatic rings. The van der Waals surface area contributed by atoms with E-state index in [9.17, 15) is 73.2 Å². The number of amides is 6. The highest BCUT2D eigenvalue weighted by atomic mass is 32.2. The Morgan fingerprint density at radius 3 is 1.30 bits per heavy atom. The number of hydrogen-bond acceptors (Lipinski definition) is 25. The predicted molar refractivity (Wildman–Crippen MR) is 550 cm³/mol. The molecule has 6 amide bonds. The molecule has 4 N–H and O–H groups in total. The lowest BCUT2D eigenvalue weighted by Gasteiger charge is -2.44. The first-order valence-electron chi connectivity index (χ1n) is 48.8. The fourth-order valence-corrected chi connectivity index (χ4v) is 17.7. The zero-order valence-electron chi connectivity index (χ0n) is 86.6. The summed E-state index contributed by atoms with van der Waals surface area (Å²) in [7, 11) is -9.63. The van der Waals surface area contributed by atoms with Crippen LogP contribution in [0.15, 0.2) is 188 Å². The third-order valence-electron chi connectivity index (χ3n) is 23.4. The van der Waals surface area contributed by atoms with Crippen molar-refractivity contribution in [2.75, 3.05) is 109 Å². The van der Waals surface area contributed by atoms with E-state index >= 15 is 0 Å². The normalized spacial score (nSPS) is 18.3. The summed E-state index contributed by atoms with van der Waals surface area (Å²) in [6, 6.07) is 50.1. The molecule has 38 heteroatoms. The molecule has 5 saturated heterocycles. The number of rotatable bonds is 13. The first kappa shape index (κ1) is 118. The quantitative estimate of drug-likeness (QED) is 0.0360. The number of halogens is 3. The van der Waals surface area contributed by atoms with Gasteiger partial charge in [0.25, 0.3) is 11.8 Å². The maximum absolute atomic E-state index is 12.8. The molecule has 8 aliphatic rings. The van der Waals surface area contributed by atoms with Gasteiger partial charge in [0, 0.05) is 88.6 Å². The first-order chi connectivity index (χ1) is 67.8. The zero-order chi connectivity index (χ0) is 107. The van der Waals surface area contributed by atoms with Crippen LogP contribution in [0.4, 0.5) is 38.0 Å². The number of ether oxygens (including phenoxy) is 7. The second-order valence-corrected chi connectivity index (χ2v) is 43.5. The lowest BCUT2D eigenvalue weighted by atomic mass is 9.80. The minimum Gasteiger partial charge on any atom is -0.507 e. The smallest absolute Gasteiger partial charge is 0.507 e. The van der Waals surface area contributed by atoms with Crippen molar-refractivity contribution in [2.45, 2.75) is 233 Å². The van der Waals surface area contributed by atoms with Crippen molar-refractivity contribution in [2.24, 2.45) is 0 Å². The van der Waals surface area contributed by atoms with Crippen LogP contribution < -0.4 is 29.3 Å². The molecule has 0 saturated carbocycles. The van der Waals surface area contributed by atoms with E-state index in [1.165, 1.54) is 68.1 Å². The van der Waals surface area contributed by atoms with Gasteiger partial charge in [0.2, 0.25) is 0 Å². The van der Waals surface area contributed by atoms with Gasteiger partial charge < -0.3 is 87.2 Å².